The van der Waals surface area contributed by atoms with Gasteiger partial charge in [-0.05, 0) is 25.1 Å². The molecule has 0 saturated carbocycles. The second kappa shape index (κ2) is 4.07. The van der Waals surface area contributed by atoms with Gasteiger partial charge in [0.25, 0.3) is 0 Å². The number of ketones is 1. The van der Waals surface area contributed by atoms with Gasteiger partial charge in [0.1, 0.15) is 5.78 Å². The van der Waals surface area contributed by atoms with Crippen LogP contribution in [-0.4, -0.2) is 18.8 Å². The van der Waals surface area contributed by atoms with Gasteiger partial charge >= 0.3 is 5.76 Å². The molecule has 8 heteroatoms. The molecular weight excluding hydrogens is 260 g/mol. The molecule has 0 unspecified atom stereocenters. The van der Waals surface area contributed by atoms with E-state index in [0.717, 1.165) is 4.57 Å². The minimum absolute atomic E-state index is 0.145. The van der Waals surface area contributed by atoms with Crippen LogP contribution in [0.25, 0.3) is 11.1 Å². The van der Waals surface area contributed by atoms with Crippen molar-refractivity contribution < 1.29 is 17.6 Å². The first-order valence-corrected chi connectivity index (χ1v) is 6.49. The summed E-state index contributed by atoms with van der Waals surface area (Å²) in [6.07, 6.45) is 0. The molecule has 0 aliphatic heterocycles. The molecule has 0 aliphatic rings. The van der Waals surface area contributed by atoms with Gasteiger partial charge in [0.05, 0.1) is 17.0 Å². The Labute approximate surface area is 102 Å². The lowest BCUT2D eigenvalue weighted by Crippen LogP contribution is -2.18. The number of sulfonamides is 1. The lowest BCUT2D eigenvalue weighted by atomic mass is 10.3. The number of fused-ring (bicyclic) bond motifs is 1. The Bertz CT molecular complexity index is 784. The van der Waals surface area contributed by atoms with Gasteiger partial charge in [0.2, 0.25) is 10.0 Å². The fraction of sp³-hybridized carbons (Fsp3) is 0.200. The number of rotatable bonds is 3. The third-order valence-electron chi connectivity index (χ3n) is 2.35. The number of Topliss-reactive ketones (excluding diaryl/α,β-unsaturated/α-hetero) is 1. The average Bonchev–Trinajstić information content (AvgIpc) is 2.53. The average molecular weight is 270 g/mol. The molecule has 2 N–H and O–H groups in total. The van der Waals surface area contributed by atoms with Crippen LogP contribution < -0.4 is 10.9 Å². The van der Waals surface area contributed by atoms with E-state index in [-0.39, 0.29) is 28.3 Å². The van der Waals surface area contributed by atoms with Crippen LogP contribution >= 0.6 is 0 Å². The Morgan fingerprint density at radius 3 is 2.67 bits per heavy atom. The number of aromatic nitrogens is 1. The number of nitrogens with two attached hydrogens (primary N) is 1. The Hall–Kier alpha value is -1.93. The van der Waals surface area contributed by atoms with E-state index >= 15 is 0 Å². The predicted molar refractivity (Wildman–Crippen MR) is 62.5 cm³/mol. The standard InChI is InChI=1S/C10H10N2O5S/c1-6(13)5-12-8-4-7(18(11,15)16)2-3-9(8)17-10(12)14/h2-4H,5H2,1H3,(H2,11,15,16). The molecule has 1 aromatic heterocycles. The molecule has 0 spiro atoms. The first-order chi connectivity index (χ1) is 8.29. The maximum Gasteiger partial charge on any atom is 0.420 e. The quantitative estimate of drug-likeness (QED) is 0.832. The van der Waals surface area contributed by atoms with Gasteiger partial charge in [-0.3, -0.25) is 9.36 Å². The van der Waals surface area contributed by atoms with Gasteiger partial charge in [0.15, 0.2) is 5.58 Å². The van der Waals surface area contributed by atoms with E-state index in [4.69, 9.17) is 9.56 Å². The van der Waals surface area contributed by atoms with Gasteiger partial charge < -0.3 is 4.42 Å². The van der Waals surface area contributed by atoms with Crippen LogP contribution in [0.3, 0.4) is 0 Å². The molecule has 0 radical (unpaired) electrons. The van der Waals surface area contributed by atoms with Crippen molar-refractivity contribution in [3.63, 3.8) is 0 Å². The van der Waals surface area contributed by atoms with Crippen molar-refractivity contribution in [2.45, 2.75) is 18.4 Å². The molecule has 0 amide bonds. The second-order valence-corrected chi connectivity index (χ2v) is 5.39. The Morgan fingerprint density at radius 2 is 2.11 bits per heavy atom. The molecule has 0 saturated heterocycles. The van der Waals surface area contributed by atoms with Crippen molar-refractivity contribution in [3.8, 4) is 0 Å². The summed E-state index contributed by atoms with van der Waals surface area (Å²) in [4.78, 5) is 22.4. The van der Waals surface area contributed by atoms with Gasteiger partial charge in [-0.2, -0.15) is 0 Å². The summed E-state index contributed by atoms with van der Waals surface area (Å²) in [6.45, 7) is 1.13. The van der Waals surface area contributed by atoms with Gasteiger partial charge in [-0.15, -0.1) is 0 Å². The summed E-state index contributed by atoms with van der Waals surface area (Å²) in [6, 6.07) is 3.77. The number of hydrogen-bond donors (Lipinski definition) is 1. The van der Waals surface area contributed by atoms with Crippen molar-refractivity contribution in [2.75, 3.05) is 0 Å². The number of oxazole rings is 1. The Kier molecular flexibility index (Phi) is 2.83. The minimum atomic E-state index is -3.87. The van der Waals surface area contributed by atoms with Crippen LogP contribution in [0.2, 0.25) is 0 Å². The highest BCUT2D eigenvalue weighted by Crippen LogP contribution is 2.17. The number of primary sulfonamides is 1. The topological polar surface area (TPSA) is 112 Å². The molecule has 0 fully saturated rings. The van der Waals surface area contributed by atoms with Crippen LogP contribution in [0.15, 0.2) is 32.3 Å². The normalized spacial score (nSPS) is 11.9. The van der Waals surface area contributed by atoms with Crippen LogP contribution in [0, 0.1) is 0 Å². The third kappa shape index (κ3) is 2.20. The number of carbonyl (C=O) groups is 1. The highest BCUT2D eigenvalue weighted by atomic mass is 32.2. The minimum Gasteiger partial charge on any atom is -0.408 e. The maximum absolute atomic E-state index is 11.5. The second-order valence-electron chi connectivity index (χ2n) is 3.83. The van der Waals surface area contributed by atoms with Gasteiger partial charge in [-0.25, -0.2) is 18.4 Å². The molecule has 7 nitrogen and oxygen atoms in total. The number of carbonyl (C=O) groups excluding carboxylic acids is 1. The SMILES string of the molecule is CC(=O)Cn1c(=O)oc2ccc(S(N)(=O)=O)cc21. The lowest BCUT2D eigenvalue weighted by Gasteiger charge is -2.00. The van der Waals surface area contributed by atoms with E-state index in [2.05, 4.69) is 0 Å². The lowest BCUT2D eigenvalue weighted by molar-refractivity contribution is -0.117. The fourth-order valence-electron chi connectivity index (χ4n) is 1.59. The van der Waals surface area contributed by atoms with E-state index in [9.17, 15) is 18.0 Å². The molecule has 0 aliphatic carbocycles. The number of benzene rings is 1. The first-order valence-electron chi connectivity index (χ1n) is 4.94. The van der Waals surface area contributed by atoms with Crippen LogP contribution in [-0.2, 0) is 21.4 Å². The summed E-state index contributed by atoms with van der Waals surface area (Å²) < 4.78 is 28.4. The summed E-state index contributed by atoms with van der Waals surface area (Å²) in [5, 5.41) is 4.99. The predicted octanol–water partition coefficient (Wildman–Crippen LogP) is -0.169. The zero-order valence-corrected chi connectivity index (χ0v) is 10.2. The Balaban J connectivity index is 2.75. The van der Waals surface area contributed by atoms with Crippen molar-refractivity contribution in [1.82, 2.24) is 4.57 Å². The van der Waals surface area contributed by atoms with E-state index in [1.165, 1.54) is 25.1 Å². The van der Waals surface area contributed by atoms with Crippen LogP contribution in [0.4, 0.5) is 0 Å². The molecule has 2 rings (SSSR count). The van der Waals surface area contributed by atoms with Crippen molar-refractivity contribution in [3.05, 3.63) is 28.7 Å². The van der Waals surface area contributed by atoms with Crippen molar-refractivity contribution in [1.29, 1.82) is 0 Å². The summed E-state index contributed by atoms with van der Waals surface area (Å²) in [5.74, 6) is -0.965. The highest BCUT2D eigenvalue weighted by molar-refractivity contribution is 7.89. The summed E-state index contributed by atoms with van der Waals surface area (Å²) in [7, 11) is -3.87. The molecule has 96 valence electrons. The van der Waals surface area contributed by atoms with Gasteiger partial charge in [-0.1, -0.05) is 0 Å². The smallest absolute Gasteiger partial charge is 0.408 e. The van der Waals surface area contributed by atoms with Gasteiger partial charge in [0, 0.05) is 0 Å². The molecule has 1 heterocycles. The van der Waals surface area contributed by atoms with Crippen molar-refractivity contribution in [2.24, 2.45) is 5.14 Å². The summed E-state index contributed by atoms with van der Waals surface area (Å²) in [5.41, 5.74) is 0.426. The molecular formula is C10H10N2O5S. The maximum atomic E-state index is 11.5. The van der Waals surface area contributed by atoms with Crippen LogP contribution in [0.5, 0.6) is 0 Å². The molecule has 0 atom stereocenters. The van der Waals surface area contributed by atoms with E-state index < -0.39 is 15.8 Å². The summed E-state index contributed by atoms with van der Waals surface area (Å²) >= 11 is 0. The zero-order valence-electron chi connectivity index (χ0n) is 9.41. The number of nitrogens with zero attached hydrogens (tertiary/aromatic N) is 1. The molecule has 18 heavy (non-hydrogen) atoms. The van der Waals surface area contributed by atoms with E-state index in [1.807, 2.05) is 0 Å². The molecule has 1 aromatic carbocycles. The fourth-order valence-corrected chi connectivity index (χ4v) is 2.12. The largest absolute Gasteiger partial charge is 0.420 e. The zero-order chi connectivity index (χ0) is 13.5. The molecule has 2 aromatic rings. The molecule has 0 bridgehead atoms. The van der Waals surface area contributed by atoms with Crippen molar-refractivity contribution >= 4 is 26.9 Å². The Morgan fingerprint density at radius 1 is 1.44 bits per heavy atom. The highest BCUT2D eigenvalue weighted by Gasteiger charge is 2.15. The first kappa shape index (κ1) is 12.5. The monoisotopic (exact) mass is 270 g/mol. The van der Waals surface area contributed by atoms with Crippen LogP contribution in [0.1, 0.15) is 6.92 Å². The van der Waals surface area contributed by atoms with E-state index in [0.29, 0.717) is 0 Å². The van der Waals surface area contributed by atoms with E-state index in [1.54, 1.807) is 0 Å². The number of hydrogen-bond acceptors (Lipinski definition) is 5. The third-order valence-corrected chi connectivity index (χ3v) is 3.26.